The van der Waals surface area contributed by atoms with Crippen molar-refractivity contribution in [2.75, 3.05) is 26.2 Å². The van der Waals surface area contributed by atoms with Crippen LogP contribution in [-0.4, -0.2) is 43.2 Å². The van der Waals surface area contributed by atoms with Gasteiger partial charge in [0.05, 0.1) is 25.0 Å². The highest BCUT2D eigenvalue weighted by Gasteiger charge is 2.29. The first-order chi connectivity index (χ1) is 12.1. The number of halogens is 2. The lowest BCUT2D eigenvalue weighted by molar-refractivity contribution is -0.0346. The Kier molecular flexibility index (Phi) is 5.73. The Hall–Kier alpha value is -1.89. The Bertz CT molecular complexity index is 703. The lowest BCUT2D eigenvalue weighted by Crippen LogP contribution is -2.46. The van der Waals surface area contributed by atoms with E-state index in [0.29, 0.717) is 30.3 Å². The largest absolute Gasteiger partial charge is 0.459 e. The first-order valence-corrected chi connectivity index (χ1v) is 8.55. The van der Waals surface area contributed by atoms with E-state index in [0.717, 1.165) is 0 Å². The van der Waals surface area contributed by atoms with Gasteiger partial charge in [0.25, 0.3) is 5.91 Å². The fourth-order valence-corrected chi connectivity index (χ4v) is 3.34. The number of hydrogen-bond acceptors (Lipinski definition) is 4. The van der Waals surface area contributed by atoms with Crippen LogP contribution in [0.2, 0.25) is 5.02 Å². The summed E-state index contributed by atoms with van der Waals surface area (Å²) in [6.45, 7) is 4.00. The SMILES string of the molecule is CC1CN(C(CNC(=O)c2ccco2)c2c(F)cccc2Cl)CCO1. The maximum atomic E-state index is 14.5. The number of furan rings is 1. The number of carbonyl (C=O) groups excluding carboxylic acids is 1. The Morgan fingerprint density at radius 3 is 2.96 bits per heavy atom. The van der Waals surface area contributed by atoms with Crippen molar-refractivity contribution in [3.05, 3.63) is 58.8 Å². The average Bonchev–Trinajstić information content (AvgIpc) is 3.12. The highest BCUT2D eigenvalue weighted by Crippen LogP contribution is 2.31. The minimum Gasteiger partial charge on any atom is -0.459 e. The first kappa shape index (κ1) is 17.9. The van der Waals surface area contributed by atoms with Gasteiger partial charge in [0.2, 0.25) is 0 Å². The van der Waals surface area contributed by atoms with E-state index in [2.05, 4.69) is 10.2 Å². The number of carbonyl (C=O) groups is 1. The number of hydrogen-bond donors (Lipinski definition) is 1. The van der Waals surface area contributed by atoms with Crippen LogP contribution in [-0.2, 0) is 4.74 Å². The molecule has 0 bridgehead atoms. The van der Waals surface area contributed by atoms with Crippen LogP contribution in [0.25, 0.3) is 0 Å². The van der Waals surface area contributed by atoms with Crippen molar-refractivity contribution in [3.8, 4) is 0 Å². The Labute approximate surface area is 150 Å². The van der Waals surface area contributed by atoms with Crippen LogP contribution in [0.1, 0.15) is 29.1 Å². The molecule has 134 valence electrons. The summed E-state index contributed by atoms with van der Waals surface area (Å²) >= 11 is 6.27. The molecule has 0 spiro atoms. The smallest absolute Gasteiger partial charge is 0.287 e. The summed E-state index contributed by atoms with van der Waals surface area (Å²) in [6, 6.07) is 7.44. The third kappa shape index (κ3) is 4.21. The van der Waals surface area contributed by atoms with Crippen molar-refractivity contribution in [2.45, 2.75) is 19.1 Å². The van der Waals surface area contributed by atoms with Crippen molar-refractivity contribution in [1.82, 2.24) is 10.2 Å². The van der Waals surface area contributed by atoms with Gasteiger partial charge >= 0.3 is 0 Å². The van der Waals surface area contributed by atoms with Crippen molar-refractivity contribution in [3.63, 3.8) is 0 Å². The second-order valence-corrected chi connectivity index (χ2v) is 6.42. The van der Waals surface area contributed by atoms with Gasteiger partial charge in [-0.1, -0.05) is 17.7 Å². The molecular weight excluding hydrogens is 347 g/mol. The van der Waals surface area contributed by atoms with E-state index in [9.17, 15) is 9.18 Å². The number of ether oxygens (including phenoxy) is 1. The summed E-state index contributed by atoms with van der Waals surface area (Å²) in [5, 5.41) is 3.15. The molecule has 2 atom stereocenters. The summed E-state index contributed by atoms with van der Waals surface area (Å²) in [6.07, 6.45) is 1.46. The topological polar surface area (TPSA) is 54.7 Å². The molecule has 1 aliphatic heterocycles. The predicted molar refractivity (Wildman–Crippen MR) is 92.2 cm³/mol. The maximum absolute atomic E-state index is 14.5. The van der Waals surface area contributed by atoms with Crippen molar-refractivity contribution in [2.24, 2.45) is 0 Å². The van der Waals surface area contributed by atoms with E-state index in [-0.39, 0.29) is 36.2 Å². The molecule has 2 aromatic rings. The minimum absolute atomic E-state index is 0.0302. The van der Waals surface area contributed by atoms with Crippen LogP contribution in [0, 0.1) is 5.82 Å². The number of rotatable bonds is 5. The fourth-order valence-electron chi connectivity index (χ4n) is 3.06. The zero-order valence-corrected chi connectivity index (χ0v) is 14.6. The molecule has 7 heteroatoms. The molecule has 3 rings (SSSR count). The van der Waals surface area contributed by atoms with Crippen molar-refractivity contribution >= 4 is 17.5 Å². The van der Waals surface area contributed by atoms with Gasteiger partial charge in [-0.15, -0.1) is 0 Å². The van der Waals surface area contributed by atoms with E-state index < -0.39 is 0 Å². The lowest BCUT2D eigenvalue weighted by Gasteiger charge is -2.38. The van der Waals surface area contributed by atoms with E-state index >= 15 is 0 Å². The van der Waals surface area contributed by atoms with Crippen LogP contribution in [0.5, 0.6) is 0 Å². The van der Waals surface area contributed by atoms with Crippen LogP contribution >= 0.6 is 11.6 Å². The maximum Gasteiger partial charge on any atom is 0.287 e. The van der Waals surface area contributed by atoms with Gasteiger partial charge < -0.3 is 14.5 Å². The number of nitrogens with zero attached hydrogens (tertiary/aromatic N) is 1. The first-order valence-electron chi connectivity index (χ1n) is 8.17. The molecule has 2 heterocycles. The molecule has 25 heavy (non-hydrogen) atoms. The molecule has 0 radical (unpaired) electrons. The number of benzene rings is 1. The molecule has 1 N–H and O–H groups in total. The van der Waals surface area contributed by atoms with Crippen LogP contribution in [0.3, 0.4) is 0 Å². The molecular formula is C18H20ClFN2O3. The van der Waals surface area contributed by atoms with Gasteiger partial charge in [0.1, 0.15) is 5.82 Å². The molecule has 1 saturated heterocycles. The molecule has 1 aromatic carbocycles. The Morgan fingerprint density at radius 2 is 2.28 bits per heavy atom. The number of morpholine rings is 1. The molecule has 1 aliphatic rings. The van der Waals surface area contributed by atoms with E-state index in [4.69, 9.17) is 20.8 Å². The van der Waals surface area contributed by atoms with E-state index in [1.807, 2.05) is 6.92 Å². The van der Waals surface area contributed by atoms with Crippen LogP contribution < -0.4 is 5.32 Å². The summed E-state index contributed by atoms with van der Waals surface area (Å²) in [7, 11) is 0. The number of amides is 1. The molecule has 2 unspecified atom stereocenters. The summed E-state index contributed by atoms with van der Waals surface area (Å²) < 4.78 is 25.1. The van der Waals surface area contributed by atoms with Crippen LogP contribution in [0.15, 0.2) is 41.0 Å². The van der Waals surface area contributed by atoms with E-state index in [1.165, 1.54) is 12.3 Å². The standard InChI is InChI=1S/C18H20ClFN2O3/c1-12-11-22(7-9-24-12)15(17-13(19)4-2-5-14(17)20)10-21-18(23)16-6-3-8-25-16/h2-6,8,12,15H,7,9-11H2,1H3,(H,21,23). The monoisotopic (exact) mass is 366 g/mol. The molecule has 0 saturated carbocycles. The normalized spacial score (nSPS) is 19.6. The lowest BCUT2D eigenvalue weighted by atomic mass is 10.0. The average molecular weight is 367 g/mol. The van der Waals surface area contributed by atoms with Gasteiger partial charge in [0, 0.05) is 30.2 Å². The quantitative estimate of drug-likeness (QED) is 0.882. The summed E-state index contributed by atoms with van der Waals surface area (Å²) in [4.78, 5) is 14.3. The second kappa shape index (κ2) is 7.99. The second-order valence-electron chi connectivity index (χ2n) is 6.01. The highest BCUT2D eigenvalue weighted by molar-refractivity contribution is 6.31. The molecule has 0 aliphatic carbocycles. The fraction of sp³-hybridized carbons (Fsp3) is 0.389. The van der Waals surface area contributed by atoms with Gasteiger partial charge in [-0.3, -0.25) is 9.69 Å². The highest BCUT2D eigenvalue weighted by atomic mass is 35.5. The predicted octanol–water partition coefficient (Wildman–Crippen LogP) is 3.26. The third-order valence-corrected chi connectivity index (χ3v) is 4.58. The molecule has 1 fully saturated rings. The summed E-state index contributed by atoms with van der Waals surface area (Å²) in [5.41, 5.74) is 0.387. The van der Waals surface area contributed by atoms with E-state index in [1.54, 1.807) is 24.3 Å². The van der Waals surface area contributed by atoms with Crippen LogP contribution in [0.4, 0.5) is 4.39 Å². The van der Waals surface area contributed by atoms with Crippen molar-refractivity contribution < 1.29 is 18.3 Å². The zero-order chi connectivity index (χ0) is 17.8. The minimum atomic E-state index is -0.390. The van der Waals surface area contributed by atoms with Crippen molar-refractivity contribution in [1.29, 1.82) is 0 Å². The molecule has 1 amide bonds. The zero-order valence-electron chi connectivity index (χ0n) is 13.9. The third-order valence-electron chi connectivity index (χ3n) is 4.25. The number of nitrogens with one attached hydrogen (secondary N) is 1. The van der Waals surface area contributed by atoms with Gasteiger partial charge in [-0.05, 0) is 31.2 Å². The molecule has 5 nitrogen and oxygen atoms in total. The van der Waals surface area contributed by atoms with Gasteiger partial charge in [-0.2, -0.15) is 0 Å². The summed E-state index contributed by atoms with van der Waals surface area (Å²) in [5.74, 6) is -0.513. The Morgan fingerprint density at radius 1 is 1.44 bits per heavy atom. The van der Waals surface area contributed by atoms with Gasteiger partial charge in [-0.25, -0.2) is 4.39 Å². The molecule has 1 aromatic heterocycles. The Balaban J connectivity index is 1.82. The van der Waals surface area contributed by atoms with Gasteiger partial charge in [0.15, 0.2) is 5.76 Å².